The summed E-state index contributed by atoms with van der Waals surface area (Å²) in [4.78, 5) is 17.4. The zero-order valence-electron chi connectivity index (χ0n) is 14.2. The van der Waals surface area contributed by atoms with Gasteiger partial charge in [-0.25, -0.2) is 23.7 Å². The minimum Gasteiger partial charge on any atom is -0.304 e. The van der Waals surface area contributed by atoms with Gasteiger partial charge < -0.3 is 4.57 Å². The molecular formula is C19H15F2N5. The highest BCUT2D eigenvalue weighted by Crippen LogP contribution is 2.26. The number of aryl methyl sites for hydroxylation is 2. The molecule has 0 radical (unpaired) electrons. The lowest BCUT2D eigenvalue weighted by molar-refractivity contribution is 0.621. The maximum absolute atomic E-state index is 13.7. The summed E-state index contributed by atoms with van der Waals surface area (Å²) < 4.78 is 28.8. The van der Waals surface area contributed by atoms with E-state index in [1.807, 2.05) is 18.4 Å². The minimum absolute atomic E-state index is 0.298. The Labute approximate surface area is 148 Å². The Kier molecular flexibility index (Phi) is 3.91. The lowest BCUT2D eigenvalue weighted by Crippen LogP contribution is -2.05. The van der Waals surface area contributed by atoms with Gasteiger partial charge in [0.05, 0.1) is 18.4 Å². The number of benzene rings is 1. The highest BCUT2D eigenvalue weighted by atomic mass is 19.1. The lowest BCUT2D eigenvalue weighted by Gasteiger charge is -2.09. The van der Waals surface area contributed by atoms with Gasteiger partial charge >= 0.3 is 0 Å². The monoisotopic (exact) mass is 351 g/mol. The molecule has 4 aromatic rings. The number of rotatable bonds is 3. The van der Waals surface area contributed by atoms with E-state index in [0.29, 0.717) is 34.9 Å². The number of aromatic nitrogens is 5. The summed E-state index contributed by atoms with van der Waals surface area (Å²) in [5.74, 6) is 0.424. The molecule has 0 saturated heterocycles. The average Bonchev–Trinajstić information content (AvgIpc) is 2.96. The first-order chi connectivity index (χ1) is 12.5. The third-order valence-corrected chi connectivity index (χ3v) is 4.10. The summed E-state index contributed by atoms with van der Waals surface area (Å²) in [5, 5.41) is 0. The van der Waals surface area contributed by atoms with E-state index < -0.39 is 5.82 Å². The van der Waals surface area contributed by atoms with Gasteiger partial charge in [0.25, 0.3) is 0 Å². The molecule has 0 N–H and O–H groups in total. The van der Waals surface area contributed by atoms with Crippen LogP contribution in [0.4, 0.5) is 8.78 Å². The Morgan fingerprint density at radius 1 is 0.923 bits per heavy atom. The Morgan fingerprint density at radius 2 is 1.69 bits per heavy atom. The molecule has 0 bridgehead atoms. The number of fused-ring (bicyclic) bond motifs is 1. The molecule has 3 aromatic heterocycles. The maximum atomic E-state index is 13.7. The van der Waals surface area contributed by atoms with Gasteiger partial charge in [-0.1, -0.05) is 12.1 Å². The van der Waals surface area contributed by atoms with Crippen LogP contribution in [0.5, 0.6) is 0 Å². The van der Waals surface area contributed by atoms with Crippen LogP contribution in [0.25, 0.3) is 22.6 Å². The van der Waals surface area contributed by atoms with E-state index in [9.17, 15) is 8.78 Å². The molecule has 0 spiro atoms. The highest BCUT2D eigenvalue weighted by Gasteiger charge is 2.17. The first-order valence-corrected chi connectivity index (χ1v) is 8.08. The largest absolute Gasteiger partial charge is 0.304 e. The summed E-state index contributed by atoms with van der Waals surface area (Å²) in [6, 6.07) is 7.60. The molecule has 0 aliphatic carbocycles. The van der Waals surface area contributed by atoms with Crippen LogP contribution in [-0.2, 0) is 6.54 Å². The first-order valence-electron chi connectivity index (χ1n) is 8.08. The second-order valence-corrected chi connectivity index (χ2v) is 6.07. The molecule has 3 heterocycles. The highest BCUT2D eigenvalue weighted by molar-refractivity contribution is 5.79. The molecule has 26 heavy (non-hydrogen) atoms. The van der Waals surface area contributed by atoms with Gasteiger partial charge in [-0.2, -0.15) is 0 Å². The standard InChI is InChI=1S/C19H15F2N5/c1-11-17-19(24-12(2)23-11)26(10-13-3-5-15(20)6-4-13)18(25-17)14-7-16(21)9-22-8-14/h3-9H,10H2,1-2H3. The fourth-order valence-corrected chi connectivity index (χ4v) is 2.95. The number of hydrogen-bond donors (Lipinski definition) is 0. The van der Waals surface area contributed by atoms with Crippen LogP contribution < -0.4 is 0 Å². The first kappa shape index (κ1) is 16.3. The van der Waals surface area contributed by atoms with Gasteiger partial charge in [-0.05, 0) is 37.6 Å². The van der Waals surface area contributed by atoms with Crippen LogP contribution in [0.3, 0.4) is 0 Å². The predicted molar refractivity (Wildman–Crippen MR) is 93.5 cm³/mol. The van der Waals surface area contributed by atoms with Gasteiger partial charge in [0, 0.05) is 11.8 Å². The van der Waals surface area contributed by atoms with Crippen molar-refractivity contribution in [2.24, 2.45) is 0 Å². The van der Waals surface area contributed by atoms with Gasteiger partial charge in [0.2, 0.25) is 0 Å². The van der Waals surface area contributed by atoms with Crippen molar-refractivity contribution in [3.63, 3.8) is 0 Å². The number of hydrogen-bond acceptors (Lipinski definition) is 4. The van der Waals surface area contributed by atoms with E-state index in [1.165, 1.54) is 18.2 Å². The van der Waals surface area contributed by atoms with Crippen LogP contribution in [-0.4, -0.2) is 24.5 Å². The number of nitrogens with zero attached hydrogens (tertiary/aromatic N) is 5. The maximum Gasteiger partial charge on any atom is 0.164 e. The zero-order valence-corrected chi connectivity index (χ0v) is 14.2. The molecule has 0 unspecified atom stereocenters. The number of pyridine rings is 1. The van der Waals surface area contributed by atoms with E-state index in [0.717, 1.165) is 17.5 Å². The molecule has 0 amide bonds. The van der Waals surface area contributed by atoms with E-state index in [1.54, 1.807) is 18.3 Å². The smallest absolute Gasteiger partial charge is 0.164 e. The third-order valence-electron chi connectivity index (χ3n) is 4.10. The zero-order chi connectivity index (χ0) is 18.3. The Balaban J connectivity index is 1.95. The summed E-state index contributed by atoms with van der Waals surface area (Å²) >= 11 is 0. The molecule has 5 nitrogen and oxygen atoms in total. The average molecular weight is 351 g/mol. The number of halogens is 2. The van der Waals surface area contributed by atoms with Crippen LogP contribution >= 0.6 is 0 Å². The molecule has 0 saturated carbocycles. The van der Waals surface area contributed by atoms with Crippen LogP contribution in [0.1, 0.15) is 17.1 Å². The quantitative estimate of drug-likeness (QED) is 0.563. The van der Waals surface area contributed by atoms with Gasteiger partial charge in [0.15, 0.2) is 5.65 Å². The fraction of sp³-hybridized carbons (Fsp3) is 0.158. The van der Waals surface area contributed by atoms with E-state index in [4.69, 9.17) is 0 Å². The Morgan fingerprint density at radius 3 is 2.42 bits per heavy atom. The molecule has 0 aliphatic heterocycles. The molecule has 0 fully saturated rings. The summed E-state index contributed by atoms with van der Waals surface area (Å²) in [7, 11) is 0. The van der Waals surface area contributed by atoms with E-state index in [-0.39, 0.29) is 5.82 Å². The molecule has 7 heteroatoms. The molecular weight excluding hydrogens is 336 g/mol. The fourth-order valence-electron chi connectivity index (χ4n) is 2.95. The van der Waals surface area contributed by atoms with Crippen molar-refractivity contribution in [1.29, 1.82) is 0 Å². The third kappa shape index (κ3) is 2.92. The summed E-state index contributed by atoms with van der Waals surface area (Å²) in [6.45, 7) is 4.09. The van der Waals surface area contributed by atoms with Crippen molar-refractivity contribution in [1.82, 2.24) is 24.5 Å². The minimum atomic E-state index is -0.443. The van der Waals surface area contributed by atoms with Crippen LogP contribution in [0.15, 0.2) is 42.7 Å². The Hall–Kier alpha value is -3.22. The summed E-state index contributed by atoms with van der Waals surface area (Å²) in [6.07, 6.45) is 2.70. The van der Waals surface area contributed by atoms with Crippen LogP contribution in [0, 0.1) is 25.5 Å². The van der Waals surface area contributed by atoms with E-state index >= 15 is 0 Å². The van der Waals surface area contributed by atoms with Gasteiger partial charge in [-0.15, -0.1) is 0 Å². The summed E-state index contributed by atoms with van der Waals surface area (Å²) in [5.41, 5.74) is 3.47. The topological polar surface area (TPSA) is 56.5 Å². The lowest BCUT2D eigenvalue weighted by atomic mass is 10.2. The van der Waals surface area contributed by atoms with Crippen molar-refractivity contribution >= 4 is 11.2 Å². The van der Waals surface area contributed by atoms with Crippen molar-refractivity contribution in [2.75, 3.05) is 0 Å². The van der Waals surface area contributed by atoms with E-state index in [2.05, 4.69) is 19.9 Å². The SMILES string of the molecule is Cc1nc(C)c2nc(-c3cncc(F)c3)n(Cc3ccc(F)cc3)c2n1. The number of imidazole rings is 1. The van der Waals surface area contributed by atoms with Crippen molar-refractivity contribution in [3.8, 4) is 11.4 Å². The molecule has 0 atom stereocenters. The van der Waals surface area contributed by atoms with Crippen molar-refractivity contribution in [2.45, 2.75) is 20.4 Å². The Bertz CT molecular complexity index is 1100. The second-order valence-electron chi connectivity index (χ2n) is 6.07. The van der Waals surface area contributed by atoms with Crippen molar-refractivity contribution < 1.29 is 8.78 Å². The van der Waals surface area contributed by atoms with Gasteiger partial charge in [0.1, 0.15) is 28.8 Å². The normalized spacial score (nSPS) is 11.2. The van der Waals surface area contributed by atoms with Crippen molar-refractivity contribution in [3.05, 3.63) is 71.4 Å². The van der Waals surface area contributed by atoms with Gasteiger partial charge in [-0.3, -0.25) is 4.98 Å². The molecule has 0 aliphatic rings. The van der Waals surface area contributed by atoms with Crippen LogP contribution in [0.2, 0.25) is 0 Å². The predicted octanol–water partition coefficient (Wildman–Crippen LogP) is 3.83. The second kappa shape index (κ2) is 6.25. The molecule has 1 aromatic carbocycles. The molecule has 4 rings (SSSR count). The molecule has 130 valence electrons.